The van der Waals surface area contributed by atoms with E-state index in [4.69, 9.17) is 27.7 Å². The highest BCUT2D eigenvalue weighted by atomic mass is 35.5. The van der Waals surface area contributed by atoms with Gasteiger partial charge in [0.2, 0.25) is 5.76 Å². The third-order valence-electron chi connectivity index (χ3n) is 5.60. The number of benzene rings is 2. The molecule has 1 saturated heterocycles. The zero-order chi connectivity index (χ0) is 22.0. The highest BCUT2D eigenvalue weighted by Crippen LogP contribution is 2.32. The van der Waals surface area contributed by atoms with Gasteiger partial charge in [0, 0.05) is 43.1 Å². The van der Waals surface area contributed by atoms with Crippen LogP contribution in [0.25, 0.3) is 0 Å². The minimum atomic E-state index is -0.422. The molecule has 0 atom stereocenters. The molecule has 9 heteroatoms. The molecule has 31 heavy (non-hydrogen) atoms. The number of hydrogen-bond donors (Lipinski definition) is 0. The van der Waals surface area contributed by atoms with Crippen LogP contribution < -0.4 is 0 Å². The van der Waals surface area contributed by atoms with Gasteiger partial charge >= 0.3 is 5.69 Å². The lowest BCUT2D eigenvalue weighted by atomic mass is 9.96. The Bertz CT molecular complexity index is 1000. The number of aromatic nitrogens is 1. The molecule has 2 aromatic carbocycles. The van der Waals surface area contributed by atoms with Crippen molar-refractivity contribution in [2.45, 2.75) is 19.5 Å². The Labute approximate surface area is 190 Å². The second-order valence-electron chi connectivity index (χ2n) is 7.61. The van der Waals surface area contributed by atoms with Gasteiger partial charge in [0.1, 0.15) is 0 Å². The summed E-state index contributed by atoms with van der Waals surface area (Å²) in [5.74, 6) is 0.240. The van der Waals surface area contributed by atoms with Gasteiger partial charge in [0.25, 0.3) is 0 Å². The van der Waals surface area contributed by atoms with Crippen LogP contribution in [0.4, 0.5) is 5.69 Å². The average Bonchev–Trinajstić information content (AvgIpc) is 3.12. The van der Waals surface area contributed by atoms with Crippen molar-refractivity contribution < 1.29 is 9.45 Å². The number of hydrogen-bond acceptors (Lipinski definition) is 6. The number of piperazine rings is 1. The molecule has 0 N–H and O–H groups in total. The van der Waals surface area contributed by atoms with Crippen molar-refractivity contribution in [1.29, 1.82) is 0 Å². The molecule has 1 aromatic heterocycles. The maximum absolute atomic E-state index is 11.3. The summed E-state index contributed by atoms with van der Waals surface area (Å²) in [7, 11) is 0. The van der Waals surface area contributed by atoms with Crippen LogP contribution >= 0.6 is 23.2 Å². The van der Waals surface area contributed by atoms with E-state index in [0.717, 1.165) is 37.3 Å². The lowest BCUT2D eigenvalue weighted by Gasteiger charge is -2.39. The molecule has 162 valence electrons. The summed E-state index contributed by atoms with van der Waals surface area (Å²) in [5.41, 5.74) is 2.66. The zero-order valence-electron chi connectivity index (χ0n) is 17.0. The standard InChI is InChI=1S/C22H22Cl2N4O3/c1-15-21(28(29)30)20(25-31-15)14-26-10-12-27(13-11-26)22(16-2-6-18(23)7-3-16)17-4-8-19(24)9-5-17/h2-9,22H,10-14H2,1H3. The Morgan fingerprint density at radius 2 is 1.52 bits per heavy atom. The summed E-state index contributed by atoms with van der Waals surface area (Å²) >= 11 is 12.2. The van der Waals surface area contributed by atoms with Gasteiger partial charge in [-0.2, -0.15) is 0 Å². The first kappa shape index (κ1) is 21.8. The highest BCUT2D eigenvalue weighted by molar-refractivity contribution is 6.30. The van der Waals surface area contributed by atoms with Crippen molar-refractivity contribution in [2.75, 3.05) is 26.2 Å². The molecule has 3 aromatic rings. The zero-order valence-corrected chi connectivity index (χ0v) is 18.5. The molecule has 0 radical (unpaired) electrons. The van der Waals surface area contributed by atoms with E-state index in [1.807, 2.05) is 24.3 Å². The van der Waals surface area contributed by atoms with Crippen LogP contribution in [0.5, 0.6) is 0 Å². The number of nitro groups is 1. The summed E-state index contributed by atoms with van der Waals surface area (Å²) in [4.78, 5) is 15.5. The Hall–Kier alpha value is -2.45. The maximum atomic E-state index is 11.3. The van der Waals surface area contributed by atoms with Crippen molar-refractivity contribution in [3.8, 4) is 0 Å². The van der Waals surface area contributed by atoms with Crippen LogP contribution in [0, 0.1) is 17.0 Å². The van der Waals surface area contributed by atoms with Crippen LogP contribution in [0.2, 0.25) is 10.0 Å². The third-order valence-corrected chi connectivity index (χ3v) is 6.10. The molecule has 1 fully saturated rings. The lowest BCUT2D eigenvalue weighted by molar-refractivity contribution is -0.386. The molecule has 0 unspecified atom stereocenters. The van der Waals surface area contributed by atoms with E-state index in [1.54, 1.807) is 6.92 Å². The van der Waals surface area contributed by atoms with Gasteiger partial charge in [-0.1, -0.05) is 52.6 Å². The predicted octanol–water partition coefficient (Wildman–Crippen LogP) is 5.11. The summed E-state index contributed by atoms with van der Waals surface area (Å²) < 4.78 is 5.04. The molecule has 0 aliphatic carbocycles. The van der Waals surface area contributed by atoms with Crippen molar-refractivity contribution in [1.82, 2.24) is 15.0 Å². The fourth-order valence-electron chi connectivity index (χ4n) is 4.05. The van der Waals surface area contributed by atoms with Gasteiger partial charge in [-0.05, 0) is 35.4 Å². The smallest absolute Gasteiger partial charge is 0.335 e. The van der Waals surface area contributed by atoms with Crippen molar-refractivity contribution in [2.24, 2.45) is 0 Å². The van der Waals surface area contributed by atoms with Crippen LogP contribution in [0.15, 0.2) is 53.1 Å². The first-order valence-electron chi connectivity index (χ1n) is 9.99. The molecular formula is C22H22Cl2N4O3. The van der Waals surface area contributed by atoms with Gasteiger partial charge in [0.15, 0.2) is 5.69 Å². The fraction of sp³-hybridized carbons (Fsp3) is 0.318. The van der Waals surface area contributed by atoms with E-state index >= 15 is 0 Å². The Morgan fingerprint density at radius 3 is 2.00 bits per heavy atom. The maximum Gasteiger partial charge on any atom is 0.335 e. The van der Waals surface area contributed by atoms with E-state index in [1.165, 1.54) is 0 Å². The summed E-state index contributed by atoms with van der Waals surface area (Å²) in [6.45, 7) is 5.10. The first-order valence-corrected chi connectivity index (χ1v) is 10.7. The molecule has 4 rings (SSSR count). The topological polar surface area (TPSA) is 75.7 Å². The van der Waals surface area contributed by atoms with E-state index < -0.39 is 4.92 Å². The Balaban J connectivity index is 1.51. The normalized spacial score (nSPS) is 15.5. The van der Waals surface area contributed by atoms with Gasteiger partial charge in [0.05, 0.1) is 17.5 Å². The van der Waals surface area contributed by atoms with Gasteiger partial charge in [-0.25, -0.2) is 0 Å². The Morgan fingerprint density at radius 1 is 1.00 bits per heavy atom. The molecule has 7 nitrogen and oxygen atoms in total. The molecule has 2 heterocycles. The largest absolute Gasteiger partial charge is 0.354 e. The van der Waals surface area contributed by atoms with Crippen LogP contribution in [-0.4, -0.2) is 46.1 Å². The second kappa shape index (κ2) is 9.36. The number of nitrogens with zero attached hydrogens (tertiary/aromatic N) is 4. The van der Waals surface area contributed by atoms with E-state index in [0.29, 0.717) is 22.3 Å². The molecule has 0 amide bonds. The SMILES string of the molecule is Cc1onc(CN2CCN(C(c3ccc(Cl)cc3)c3ccc(Cl)cc3)CC2)c1[N+](=O)[O-]. The molecule has 0 bridgehead atoms. The van der Waals surface area contributed by atoms with Crippen molar-refractivity contribution >= 4 is 28.9 Å². The summed E-state index contributed by atoms with van der Waals surface area (Å²) in [5, 5.41) is 16.6. The van der Waals surface area contributed by atoms with Gasteiger partial charge in [-0.3, -0.25) is 19.9 Å². The van der Waals surface area contributed by atoms with Crippen LogP contribution in [0.1, 0.15) is 28.6 Å². The predicted molar refractivity (Wildman–Crippen MR) is 119 cm³/mol. The minimum Gasteiger partial charge on any atom is -0.354 e. The van der Waals surface area contributed by atoms with Crippen LogP contribution in [-0.2, 0) is 6.54 Å². The highest BCUT2D eigenvalue weighted by Gasteiger charge is 2.30. The minimum absolute atomic E-state index is 0.0253. The molecule has 0 spiro atoms. The number of rotatable bonds is 6. The van der Waals surface area contributed by atoms with Crippen LogP contribution in [0.3, 0.4) is 0 Å². The fourth-order valence-corrected chi connectivity index (χ4v) is 4.30. The average molecular weight is 461 g/mol. The monoisotopic (exact) mass is 460 g/mol. The summed E-state index contributed by atoms with van der Waals surface area (Å²) in [6.07, 6.45) is 0. The van der Waals surface area contributed by atoms with Gasteiger partial charge in [-0.15, -0.1) is 0 Å². The molecular weight excluding hydrogens is 439 g/mol. The van der Waals surface area contributed by atoms with E-state index in [2.05, 4.69) is 39.2 Å². The quantitative estimate of drug-likeness (QED) is 0.375. The molecule has 1 aliphatic heterocycles. The number of halogens is 2. The van der Waals surface area contributed by atoms with E-state index in [-0.39, 0.29) is 17.5 Å². The second-order valence-corrected chi connectivity index (χ2v) is 8.48. The van der Waals surface area contributed by atoms with Gasteiger partial charge < -0.3 is 4.52 Å². The molecule has 0 saturated carbocycles. The van der Waals surface area contributed by atoms with Crippen molar-refractivity contribution in [3.05, 3.63) is 91.3 Å². The lowest BCUT2D eigenvalue weighted by Crippen LogP contribution is -2.47. The summed E-state index contributed by atoms with van der Waals surface area (Å²) in [6, 6.07) is 15.9. The van der Waals surface area contributed by atoms with E-state index in [9.17, 15) is 10.1 Å². The Kier molecular flexibility index (Phi) is 6.57. The van der Waals surface area contributed by atoms with Crippen molar-refractivity contribution in [3.63, 3.8) is 0 Å². The first-order chi connectivity index (χ1) is 14.9. The molecule has 1 aliphatic rings. The third kappa shape index (κ3) is 4.91. The number of aryl methyl sites for hydroxylation is 1.